The molecule has 4 heteroatoms. The molecule has 2 N–H and O–H groups in total. The van der Waals surface area contributed by atoms with Gasteiger partial charge in [0, 0.05) is 6.20 Å². The second-order valence-corrected chi connectivity index (χ2v) is 2.27. The van der Waals surface area contributed by atoms with E-state index in [1.807, 2.05) is 6.07 Å². The second kappa shape index (κ2) is 5.80. The molecule has 0 fully saturated rings. The summed E-state index contributed by atoms with van der Waals surface area (Å²) in [5.41, 5.74) is 6.50. The Labute approximate surface area is 78.4 Å². The van der Waals surface area contributed by atoms with Gasteiger partial charge in [-0.15, -0.1) is 12.4 Å². The number of rotatable bonds is 3. The first-order chi connectivity index (χ1) is 5.36. The van der Waals surface area contributed by atoms with Crippen LogP contribution in [0.15, 0.2) is 18.5 Å². The zero-order valence-corrected chi connectivity index (χ0v) is 7.80. The average Bonchev–Trinajstić information content (AvgIpc) is 2.06. The number of pyridine rings is 1. The Balaban J connectivity index is 0.00000121. The van der Waals surface area contributed by atoms with Crippen molar-refractivity contribution in [3.05, 3.63) is 24.0 Å². The van der Waals surface area contributed by atoms with E-state index in [1.165, 1.54) is 0 Å². The maximum absolute atomic E-state index is 5.38. The molecule has 0 bridgehead atoms. The van der Waals surface area contributed by atoms with E-state index >= 15 is 0 Å². The van der Waals surface area contributed by atoms with E-state index in [1.54, 1.807) is 19.5 Å². The third-order valence-corrected chi connectivity index (χ3v) is 1.44. The lowest BCUT2D eigenvalue weighted by molar-refractivity contribution is 0.412. The summed E-state index contributed by atoms with van der Waals surface area (Å²) in [5, 5.41) is 0. The molecule has 1 aromatic heterocycles. The van der Waals surface area contributed by atoms with Crippen LogP contribution >= 0.6 is 12.4 Å². The monoisotopic (exact) mass is 188 g/mol. The van der Waals surface area contributed by atoms with E-state index in [4.69, 9.17) is 10.5 Å². The minimum absolute atomic E-state index is 0. The molecule has 0 radical (unpaired) electrons. The summed E-state index contributed by atoms with van der Waals surface area (Å²) < 4.78 is 5.00. The van der Waals surface area contributed by atoms with Crippen molar-refractivity contribution in [2.75, 3.05) is 13.7 Å². The van der Waals surface area contributed by atoms with Crippen molar-refractivity contribution in [3.8, 4) is 5.75 Å². The Bertz CT molecular complexity index is 230. The molecular formula is C8H13ClN2O. The van der Waals surface area contributed by atoms with Crippen molar-refractivity contribution in [2.24, 2.45) is 5.73 Å². The largest absolute Gasteiger partial charge is 0.495 e. The first kappa shape index (κ1) is 11.2. The fourth-order valence-corrected chi connectivity index (χ4v) is 0.879. The molecule has 1 aromatic rings. The Morgan fingerprint density at radius 2 is 2.25 bits per heavy atom. The first-order valence-corrected chi connectivity index (χ1v) is 3.55. The van der Waals surface area contributed by atoms with Gasteiger partial charge in [0.25, 0.3) is 0 Å². The fourth-order valence-electron chi connectivity index (χ4n) is 0.879. The van der Waals surface area contributed by atoms with Crippen molar-refractivity contribution >= 4 is 12.4 Å². The van der Waals surface area contributed by atoms with Gasteiger partial charge in [-0.1, -0.05) is 0 Å². The Morgan fingerprint density at radius 1 is 1.50 bits per heavy atom. The van der Waals surface area contributed by atoms with Crippen LogP contribution in [0.3, 0.4) is 0 Å². The van der Waals surface area contributed by atoms with Crippen LogP contribution in [0.2, 0.25) is 0 Å². The van der Waals surface area contributed by atoms with Gasteiger partial charge in [0.15, 0.2) is 0 Å². The van der Waals surface area contributed by atoms with E-state index < -0.39 is 0 Å². The van der Waals surface area contributed by atoms with Crippen molar-refractivity contribution in [1.29, 1.82) is 0 Å². The Morgan fingerprint density at radius 3 is 2.83 bits per heavy atom. The van der Waals surface area contributed by atoms with Gasteiger partial charge < -0.3 is 10.5 Å². The summed E-state index contributed by atoms with van der Waals surface area (Å²) in [7, 11) is 1.63. The third kappa shape index (κ3) is 3.07. The molecule has 0 aliphatic rings. The molecule has 0 aliphatic heterocycles. The first-order valence-electron chi connectivity index (χ1n) is 3.55. The molecular weight excluding hydrogens is 176 g/mol. The van der Waals surface area contributed by atoms with Crippen LogP contribution in [0, 0.1) is 0 Å². The molecule has 0 atom stereocenters. The van der Waals surface area contributed by atoms with Gasteiger partial charge in [-0.05, 0) is 24.6 Å². The minimum atomic E-state index is 0. The molecule has 12 heavy (non-hydrogen) atoms. The highest BCUT2D eigenvalue weighted by atomic mass is 35.5. The maximum atomic E-state index is 5.38. The van der Waals surface area contributed by atoms with Gasteiger partial charge in [-0.25, -0.2) is 0 Å². The van der Waals surface area contributed by atoms with Crippen LogP contribution in [0.4, 0.5) is 0 Å². The van der Waals surface area contributed by atoms with Crippen LogP contribution in [0.5, 0.6) is 5.75 Å². The van der Waals surface area contributed by atoms with Crippen LogP contribution in [0.1, 0.15) is 5.56 Å². The van der Waals surface area contributed by atoms with Gasteiger partial charge in [0.1, 0.15) is 5.75 Å². The standard InChI is InChI=1S/C8H12N2O.ClH/c1-11-8-4-7(2-3-9)5-10-6-8;/h4-6H,2-3,9H2,1H3;1H. The normalized spacial score (nSPS) is 8.83. The summed E-state index contributed by atoms with van der Waals surface area (Å²) in [6.07, 6.45) is 4.33. The number of aromatic nitrogens is 1. The number of methoxy groups -OCH3 is 1. The predicted octanol–water partition coefficient (Wildman–Crippen LogP) is 1.01. The molecule has 0 saturated heterocycles. The van der Waals surface area contributed by atoms with Crippen LogP contribution in [-0.4, -0.2) is 18.6 Å². The number of ether oxygens (including phenoxy) is 1. The van der Waals surface area contributed by atoms with E-state index in [2.05, 4.69) is 4.98 Å². The minimum Gasteiger partial charge on any atom is -0.495 e. The summed E-state index contributed by atoms with van der Waals surface area (Å²) >= 11 is 0. The van der Waals surface area contributed by atoms with Crippen molar-refractivity contribution < 1.29 is 4.74 Å². The summed E-state index contributed by atoms with van der Waals surface area (Å²) in [4.78, 5) is 3.99. The average molecular weight is 189 g/mol. The molecule has 0 aromatic carbocycles. The highest BCUT2D eigenvalue weighted by molar-refractivity contribution is 5.85. The van der Waals surface area contributed by atoms with Gasteiger partial charge in [0.2, 0.25) is 0 Å². The molecule has 1 rings (SSSR count). The third-order valence-electron chi connectivity index (χ3n) is 1.44. The number of hydrogen-bond donors (Lipinski definition) is 1. The van der Waals surface area contributed by atoms with E-state index in [0.29, 0.717) is 6.54 Å². The maximum Gasteiger partial charge on any atom is 0.137 e. The molecule has 0 aliphatic carbocycles. The number of nitrogens with zero attached hydrogens (tertiary/aromatic N) is 1. The molecule has 0 unspecified atom stereocenters. The van der Waals surface area contributed by atoms with Gasteiger partial charge in [-0.3, -0.25) is 4.98 Å². The molecule has 1 heterocycles. The van der Waals surface area contributed by atoms with Gasteiger partial charge in [-0.2, -0.15) is 0 Å². The van der Waals surface area contributed by atoms with E-state index in [9.17, 15) is 0 Å². The number of halogens is 1. The van der Waals surface area contributed by atoms with E-state index in [-0.39, 0.29) is 12.4 Å². The summed E-state index contributed by atoms with van der Waals surface area (Å²) in [5.74, 6) is 0.788. The highest BCUT2D eigenvalue weighted by Crippen LogP contribution is 2.09. The lowest BCUT2D eigenvalue weighted by Gasteiger charge is -2.00. The van der Waals surface area contributed by atoms with Gasteiger partial charge in [0.05, 0.1) is 13.3 Å². The SMILES string of the molecule is COc1cncc(CCN)c1.Cl. The van der Waals surface area contributed by atoms with E-state index in [0.717, 1.165) is 17.7 Å². The lowest BCUT2D eigenvalue weighted by atomic mass is 10.2. The van der Waals surface area contributed by atoms with Crippen molar-refractivity contribution in [3.63, 3.8) is 0 Å². The topological polar surface area (TPSA) is 48.1 Å². The molecule has 3 nitrogen and oxygen atoms in total. The molecule has 0 saturated carbocycles. The number of nitrogens with two attached hydrogens (primary N) is 1. The van der Waals surface area contributed by atoms with Crippen molar-refractivity contribution in [2.45, 2.75) is 6.42 Å². The lowest BCUT2D eigenvalue weighted by Crippen LogP contribution is -2.02. The zero-order chi connectivity index (χ0) is 8.10. The van der Waals surface area contributed by atoms with Crippen LogP contribution < -0.4 is 10.5 Å². The Kier molecular flexibility index (Phi) is 5.41. The van der Waals surface area contributed by atoms with Crippen LogP contribution in [0.25, 0.3) is 0 Å². The predicted molar refractivity (Wildman–Crippen MR) is 50.8 cm³/mol. The van der Waals surface area contributed by atoms with Crippen molar-refractivity contribution in [1.82, 2.24) is 4.98 Å². The zero-order valence-electron chi connectivity index (χ0n) is 6.99. The summed E-state index contributed by atoms with van der Waals surface area (Å²) in [6, 6.07) is 1.94. The highest BCUT2D eigenvalue weighted by Gasteiger charge is 1.93. The molecule has 68 valence electrons. The number of hydrogen-bond acceptors (Lipinski definition) is 3. The Hall–Kier alpha value is -0.800. The smallest absolute Gasteiger partial charge is 0.137 e. The van der Waals surface area contributed by atoms with Gasteiger partial charge >= 0.3 is 0 Å². The quantitative estimate of drug-likeness (QED) is 0.771. The molecule has 0 spiro atoms. The fraction of sp³-hybridized carbons (Fsp3) is 0.375. The molecule has 0 amide bonds. The second-order valence-electron chi connectivity index (χ2n) is 2.27. The van der Waals surface area contributed by atoms with Crippen LogP contribution in [-0.2, 0) is 6.42 Å². The summed E-state index contributed by atoms with van der Waals surface area (Å²) in [6.45, 7) is 0.648.